The van der Waals surface area contributed by atoms with Crippen molar-refractivity contribution >= 4 is 8.96 Å². The van der Waals surface area contributed by atoms with E-state index in [2.05, 4.69) is 10.6 Å². The van der Waals surface area contributed by atoms with Crippen LogP contribution in [-0.4, -0.2) is 24.9 Å². The SMILES string of the molecule is C#CC1COPN(C)C1. The Balaban J connectivity index is 2.34. The number of hydrogen-bond acceptors (Lipinski definition) is 2. The van der Waals surface area contributed by atoms with Crippen molar-refractivity contribution in [1.29, 1.82) is 0 Å². The maximum atomic E-state index is 5.21. The molecule has 0 spiro atoms. The fourth-order valence-electron chi connectivity index (χ4n) is 0.769. The molecule has 1 rings (SSSR count). The summed E-state index contributed by atoms with van der Waals surface area (Å²) in [5.74, 6) is 2.97. The van der Waals surface area contributed by atoms with Crippen molar-refractivity contribution in [2.24, 2.45) is 5.92 Å². The lowest BCUT2D eigenvalue weighted by Gasteiger charge is -2.25. The van der Waals surface area contributed by atoms with Gasteiger partial charge >= 0.3 is 0 Å². The van der Waals surface area contributed by atoms with Crippen LogP contribution in [0.3, 0.4) is 0 Å². The van der Waals surface area contributed by atoms with Crippen molar-refractivity contribution in [2.75, 3.05) is 20.2 Å². The maximum absolute atomic E-state index is 5.21. The molecule has 0 aromatic rings. The lowest BCUT2D eigenvalue weighted by molar-refractivity contribution is 0.236. The molecule has 0 aromatic heterocycles. The van der Waals surface area contributed by atoms with Crippen LogP contribution in [0.4, 0.5) is 0 Å². The largest absolute Gasteiger partial charge is 0.345 e. The molecule has 2 unspecified atom stereocenters. The van der Waals surface area contributed by atoms with E-state index in [-0.39, 0.29) is 0 Å². The fourth-order valence-corrected chi connectivity index (χ4v) is 1.56. The predicted octanol–water partition coefficient (Wildman–Crippen LogP) is 0.706. The standard InChI is InChI=1S/C6H10NOP/c1-3-6-4-7(2)9-8-5-6/h1,6,9H,4-5H2,2H3. The average molecular weight is 143 g/mol. The topological polar surface area (TPSA) is 12.5 Å². The third-order valence-corrected chi connectivity index (χ3v) is 2.02. The van der Waals surface area contributed by atoms with E-state index in [1.54, 1.807) is 0 Å². The van der Waals surface area contributed by atoms with Gasteiger partial charge in [0.05, 0.1) is 21.5 Å². The molecule has 1 heterocycles. The van der Waals surface area contributed by atoms with Crippen molar-refractivity contribution < 1.29 is 4.52 Å². The van der Waals surface area contributed by atoms with E-state index in [1.807, 2.05) is 7.05 Å². The van der Waals surface area contributed by atoms with Crippen LogP contribution in [0, 0.1) is 18.3 Å². The predicted molar refractivity (Wildman–Crippen MR) is 39.2 cm³/mol. The van der Waals surface area contributed by atoms with Gasteiger partial charge in [-0.25, -0.2) is 0 Å². The van der Waals surface area contributed by atoms with Gasteiger partial charge in [-0.3, -0.25) is 4.67 Å². The van der Waals surface area contributed by atoms with Crippen molar-refractivity contribution in [1.82, 2.24) is 4.67 Å². The van der Waals surface area contributed by atoms with E-state index < -0.39 is 0 Å². The molecule has 0 bridgehead atoms. The molecule has 0 aromatic carbocycles. The summed E-state index contributed by atoms with van der Waals surface area (Å²) in [5, 5.41) is 0. The minimum Gasteiger partial charge on any atom is -0.345 e. The number of terminal acetylenes is 1. The Morgan fingerprint density at radius 2 is 2.67 bits per heavy atom. The van der Waals surface area contributed by atoms with Crippen LogP contribution < -0.4 is 0 Å². The monoisotopic (exact) mass is 143 g/mol. The molecule has 2 atom stereocenters. The number of hydrogen-bond donors (Lipinski definition) is 0. The minimum atomic E-state index is 0.302. The third-order valence-electron chi connectivity index (χ3n) is 1.23. The molecule has 50 valence electrons. The summed E-state index contributed by atoms with van der Waals surface area (Å²) in [6, 6.07) is 0. The van der Waals surface area contributed by atoms with Crippen LogP contribution in [0.1, 0.15) is 0 Å². The highest BCUT2D eigenvalue weighted by molar-refractivity contribution is 7.29. The third kappa shape index (κ3) is 1.95. The zero-order chi connectivity index (χ0) is 6.69. The second kappa shape index (κ2) is 3.17. The Hall–Kier alpha value is -0.0900. The molecule has 0 saturated carbocycles. The zero-order valence-corrected chi connectivity index (χ0v) is 6.42. The van der Waals surface area contributed by atoms with Crippen LogP contribution in [-0.2, 0) is 4.52 Å². The van der Waals surface area contributed by atoms with Gasteiger partial charge in [0.15, 0.2) is 0 Å². The van der Waals surface area contributed by atoms with Crippen LogP contribution in [0.15, 0.2) is 0 Å². The van der Waals surface area contributed by atoms with Crippen molar-refractivity contribution in [3.63, 3.8) is 0 Å². The second-order valence-corrected chi connectivity index (χ2v) is 3.38. The molecule has 1 fully saturated rings. The van der Waals surface area contributed by atoms with Gasteiger partial charge in [-0.1, -0.05) is 5.92 Å². The van der Waals surface area contributed by atoms with Gasteiger partial charge in [-0.15, -0.1) is 6.42 Å². The van der Waals surface area contributed by atoms with E-state index in [1.165, 1.54) is 0 Å². The fraction of sp³-hybridized carbons (Fsp3) is 0.667. The quantitative estimate of drug-likeness (QED) is 0.365. The second-order valence-electron chi connectivity index (χ2n) is 2.15. The van der Waals surface area contributed by atoms with Gasteiger partial charge in [0.25, 0.3) is 0 Å². The Kier molecular flexibility index (Phi) is 2.48. The van der Waals surface area contributed by atoms with Gasteiger partial charge in [-0.2, -0.15) is 0 Å². The molecule has 2 nitrogen and oxygen atoms in total. The number of rotatable bonds is 0. The van der Waals surface area contributed by atoms with Gasteiger partial charge < -0.3 is 4.52 Å². The molecule has 0 amide bonds. The molecule has 0 N–H and O–H groups in total. The summed E-state index contributed by atoms with van der Waals surface area (Å²) < 4.78 is 7.30. The van der Waals surface area contributed by atoms with Crippen molar-refractivity contribution in [3.8, 4) is 12.3 Å². The molecule has 9 heavy (non-hydrogen) atoms. The van der Waals surface area contributed by atoms with Crippen molar-refractivity contribution in [3.05, 3.63) is 0 Å². The summed E-state index contributed by atoms with van der Waals surface area (Å²) in [7, 11) is 2.52. The Morgan fingerprint density at radius 1 is 1.89 bits per heavy atom. The first-order valence-electron chi connectivity index (χ1n) is 2.87. The summed E-state index contributed by atoms with van der Waals surface area (Å²) >= 11 is 0. The first-order valence-corrected chi connectivity index (χ1v) is 3.73. The van der Waals surface area contributed by atoms with E-state index in [0.717, 1.165) is 13.2 Å². The number of nitrogens with zero attached hydrogens (tertiary/aromatic N) is 1. The highest BCUT2D eigenvalue weighted by Gasteiger charge is 2.14. The summed E-state index contributed by atoms with van der Waals surface area (Å²) in [4.78, 5) is 0. The highest BCUT2D eigenvalue weighted by Crippen LogP contribution is 2.24. The van der Waals surface area contributed by atoms with E-state index >= 15 is 0 Å². The molecule has 1 aliphatic heterocycles. The van der Waals surface area contributed by atoms with Gasteiger partial charge in [0.1, 0.15) is 0 Å². The van der Waals surface area contributed by atoms with Crippen LogP contribution in [0.5, 0.6) is 0 Å². The molecule has 0 radical (unpaired) electrons. The normalized spacial score (nSPS) is 32.2. The Labute approximate surface area is 57.5 Å². The highest BCUT2D eigenvalue weighted by atomic mass is 31.1. The van der Waals surface area contributed by atoms with E-state index in [9.17, 15) is 0 Å². The molecular formula is C6H10NOP. The molecule has 0 aliphatic carbocycles. The summed E-state index contributed by atoms with van der Waals surface area (Å²) in [6.45, 7) is 1.72. The first kappa shape index (κ1) is 7.02. The Morgan fingerprint density at radius 3 is 3.11 bits per heavy atom. The van der Waals surface area contributed by atoms with Crippen molar-refractivity contribution in [2.45, 2.75) is 0 Å². The maximum Gasteiger partial charge on any atom is 0.0887 e. The van der Waals surface area contributed by atoms with E-state index in [0.29, 0.717) is 14.9 Å². The first-order chi connectivity index (χ1) is 4.33. The van der Waals surface area contributed by atoms with E-state index in [4.69, 9.17) is 10.9 Å². The summed E-state index contributed by atoms with van der Waals surface area (Å²) in [5.41, 5.74) is 0. The zero-order valence-electron chi connectivity index (χ0n) is 5.42. The van der Waals surface area contributed by atoms with Crippen LogP contribution in [0.25, 0.3) is 0 Å². The molecular weight excluding hydrogens is 133 g/mol. The Bertz CT molecular complexity index is 132. The van der Waals surface area contributed by atoms with Gasteiger partial charge in [0, 0.05) is 6.54 Å². The smallest absolute Gasteiger partial charge is 0.0887 e. The van der Waals surface area contributed by atoms with Gasteiger partial charge in [0.2, 0.25) is 0 Å². The van der Waals surface area contributed by atoms with Crippen LogP contribution >= 0.6 is 8.96 Å². The lowest BCUT2D eigenvalue weighted by atomic mass is 10.2. The van der Waals surface area contributed by atoms with Gasteiger partial charge in [-0.05, 0) is 7.05 Å². The molecule has 3 heteroatoms. The minimum absolute atomic E-state index is 0.302. The van der Waals surface area contributed by atoms with Crippen LogP contribution in [0.2, 0.25) is 0 Å². The molecule has 1 aliphatic rings. The average Bonchev–Trinajstić information content (AvgIpc) is 1.88. The molecule has 1 saturated heterocycles. The summed E-state index contributed by atoms with van der Waals surface area (Å²) in [6.07, 6.45) is 5.21. The lowest BCUT2D eigenvalue weighted by Crippen LogP contribution is -2.25.